The molecule has 0 saturated heterocycles. The summed E-state index contributed by atoms with van der Waals surface area (Å²) in [5.41, 5.74) is 1.62. The third-order valence-corrected chi connectivity index (χ3v) is 6.85. The molecule has 1 N–H and O–H groups in total. The van der Waals surface area contributed by atoms with Crippen LogP contribution in [-0.4, -0.2) is 18.5 Å². The first kappa shape index (κ1) is 26.3. The van der Waals surface area contributed by atoms with Crippen molar-refractivity contribution in [3.05, 3.63) is 91.0 Å². The number of amides is 2. The monoisotopic (exact) mass is 512 g/mol. The maximum absolute atomic E-state index is 13.4. The molecule has 4 aromatic rings. The number of hydrogen-bond donors (Lipinski definition) is 1. The van der Waals surface area contributed by atoms with Crippen LogP contribution in [0.5, 0.6) is 5.75 Å². The summed E-state index contributed by atoms with van der Waals surface area (Å²) in [7, 11) is 0. The number of benzene rings is 4. The van der Waals surface area contributed by atoms with Crippen LogP contribution in [0.3, 0.4) is 0 Å². The quantitative estimate of drug-likeness (QED) is 0.171. The molecule has 0 heterocycles. The molecule has 0 saturated carbocycles. The summed E-state index contributed by atoms with van der Waals surface area (Å²) in [5.74, 6) is 0.331. The van der Waals surface area contributed by atoms with Gasteiger partial charge < -0.3 is 10.1 Å². The highest BCUT2D eigenvalue weighted by atomic mass is 32.2. The Morgan fingerprint density at radius 1 is 0.811 bits per heavy atom. The van der Waals surface area contributed by atoms with E-state index in [-0.39, 0.29) is 12.0 Å². The lowest BCUT2D eigenvalue weighted by Crippen LogP contribution is -2.35. The molecule has 0 fully saturated rings. The van der Waals surface area contributed by atoms with Gasteiger partial charge in [-0.05, 0) is 78.2 Å². The van der Waals surface area contributed by atoms with Crippen molar-refractivity contribution in [1.82, 2.24) is 0 Å². The van der Waals surface area contributed by atoms with Crippen LogP contribution < -0.4 is 15.0 Å². The lowest BCUT2D eigenvalue weighted by atomic mass is 10.1. The maximum Gasteiger partial charge on any atom is 0.326 e. The molecule has 190 valence electrons. The molecule has 0 aliphatic rings. The summed E-state index contributed by atoms with van der Waals surface area (Å²) in [6.07, 6.45) is 3.06. The molecule has 0 radical (unpaired) electrons. The number of fused-ring (bicyclic) bond motifs is 1. The van der Waals surface area contributed by atoms with Crippen molar-refractivity contribution in [2.75, 3.05) is 16.8 Å². The first-order valence-electron chi connectivity index (χ1n) is 12.7. The number of rotatable bonds is 10. The van der Waals surface area contributed by atoms with Crippen molar-refractivity contribution in [1.29, 1.82) is 0 Å². The van der Waals surface area contributed by atoms with Gasteiger partial charge in [0, 0.05) is 34.1 Å². The number of hydrogen-bond acceptors (Lipinski definition) is 4. The second-order valence-electron chi connectivity index (χ2n) is 8.79. The molecule has 37 heavy (non-hydrogen) atoms. The number of carbonyl (C=O) groups excluding carboxylic acids is 2. The number of unbranched alkanes of at least 4 members (excludes halogenated alkanes) is 1. The molecular formula is C31H32N2O3S. The Hall–Kier alpha value is -3.77. The van der Waals surface area contributed by atoms with Crippen LogP contribution in [0.25, 0.3) is 10.8 Å². The number of carbonyl (C=O) groups is 2. The fourth-order valence-corrected chi connectivity index (χ4v) is 4.81. The highest BCUT2D eigenvalue weighted by Crippen LogP contribution is 2.32. The van der Waals surface area contributed by atoms with E-state index in [9.17, 15) is 9.59 Å². The number of nitrogens with zero attached hydrogens (tertiary/aromatic N) is 1. The first-order valence-corrected chi connectivity index (χ1v) is 13.5. The van der Waals surface area contributed by atoms with Crippen LogP contribution in [0, 0.1) is 0 Å². The van der Waals surface area contributed by atoms with E-state index in [1.54, 1.807) is 16.7 Å². The Morgan fingerprint density at radius 3 is 2.35 bits per heavy atom. The predicted octanol–water partition coefficient (Wildman–Crippen LogP) is 8.54. The lowest BCUT2D eigenvalue weighted by molar-refractivity contribution is -0.134. The number of anilines is 2. The molecule has 0 bridgehead atoms. The van der Waals surface area contributed by atoms with E-state index in [2.05, 4.69) is 18.3 Å². The SMILES string of the molecule is CCCCN(C(=O)Nc1ccc2ccccc2c1)c1cccc(Sc2ccc(OC(=O)CCC)cc2)c1. The minimum Gasteiger partial charge on any atom is -0.427 e. The summed E-state index contributed by atoms with van der Waals surface area (Å²) in [6, 6.07) is 29.4. The molecule has 0 atom stereocenters. The Morgan fingerprint density at radius 2 is 1.59 bits per heavy atom. The third kappa shape index (κ3) is 7.37. The van der Waals surface area contributed by atoms with Gasteiger partial charge in [-0.15, -0.1) is 0 Å². The van der Waals surface area contributed by atoms with E-state index in [0.717, 1.165) is 51.2 Å². The largest absolute Gasteiger partial charge is 0.427 e. The third-order valence-electron chi connectivity index (χ3n) is 5.86. The minimum atomic E-state index is -0.218. The van der Waals surface area contributed by atoms with Gasteiger partial charge in [0.15, 0.2) is 0 Å². The maximum atomic E-state index is 13.4. The number of esters is 1. The Kier molecular flexibility index (Phi) is 9.22. The Labute approximate surface area is 222 Å². The molecule has 5 nitrogen and oxygen atoms in total. The highest BCUT2D eigenvalue weighted by Gasteiger charge is 2.16. The van der Waals surface area contributed by atoms with Gasteiger partial charge in [-0.1, -0.05) is 68.4 Å². The minimum absolute atomic E-state index is 0.149. The lowest BCUT2D eigenvalue weighted by Gasteiger charge is -2.24. The van der Waals surface area contributed by atoms with E-state index in [0.29, 0.717) is 18.7 Å². The van der Waals surface area contributed by atoms with Gasteiger partial charge in [0.1, 0.15) is 5.75 Å². The van der Waals surface area contributed by atoms with Gasteiger partial charge >= 0.3 is 12.0 Å². The van der Waals surface area contributed by atoms with Crippen molar-refractivity contribution in [3.63, 3.8) is 0 Å². The van der Waals surface area contributed by atoms with Crippen molar-refractivity contribution < 1.29 is 14.3 Å². The van der Waals surface area contributed by atoms with Gasteiger partial charge in [-0.3, -0.25) is 9.69 Å². The van der Waals surface area contributed by atoms with Gasteiger partial charge in [0.05, 0.1) is 0 Å². The molecule has 2 amide bonds. The van der Waals surface area contributed by atoms with Crippen molar-refractivity contribution >= 4 is 45.9 Å². The summed E-state index contributed by atoms with van der Waals surface area (Å²) in [4.78, 5) is 28.9. The molecule has 0 aliphatic heterocycles. The van der Waals surface area contributed by atoms with E-state index in [1.165, 1.54) is 0 Å². The van der Waals surface area contributed by atoms with E-state index in [4.69, 9.17) is 4.74 Å². The standard InChI is InChI=1S/C31H32N2O3S/c1-3-5-20-33(31(35)32-25-15-14-23-10-6-7-11-24(23)21-25)26-12-8-13-29(22-26)37-28-18-16-27(17-19-28)36-30(34)9-4-2/h6-8,10-19,21-22H,3-5,9,20H2,1-2H3,(H,32,35). The molecule has 6 heteroatoms. The molecule has 4 aromatic carbocycles. The zero-order valence-corrected chi connectivity index (χ0v) is 22.1. The van der Waals surface area contributed by atoms with Crippen molar-refractivity contribution in [2.24, 2.45) is 0 Å². The highest BCUT2D eigenvalue weighted by molar-refractivity contribution is 7.99. The Bertz CT molecular complexity index is 1350. The normalized spacial score (nSPS) is 10.8. The van der Waals surface area contributed by atoms with E-state index in [1.807, 2.05) is 91.9 Å². The first-order chi connectivity index (χ1) is 18.1. The van der Waals surface area contributed by atoms with E-state index < -0.39 is 0 Å². The number of nitrogens with one attached hydrogen (secondary N) is 1. The van der Waals surface area contributed by atoms with Crippen LogP contribution in [0.4, 0.5) is 16.2 Å². The van der Waals surface area contributed by atoms with E-state index >= 15 is 0 Å². The second kappa shape index (κ2) is 13.0. The van der Waals surface area contributed by atoms with Crippen LogP contribution in [-0.2, 0) is 4.79 Å². The van der Waals surface area contributed by atoms with Gasteiger partial charge in [0.25, 0.3) is 0 Å². The second-order valence-corrected chi connectivity index (χ2v) is 9.94. The van der Waals surface area contributed by atoms with Gasteiger partial charge in [-0.2, -0.15) is 0 Å². The average molecular weight is 513 g/mol. The molecule has 4 rings (SSSR count). The summed E-state index contributed by atoms with van der Waals surface area (Å²) < 4.78 is 5.35. The summed E-state index contributed by atoms with van der Waals surface area (Å²) in [5, 5.41) is 5.31. The van der Waals surface area contributed by atoms with Crippen molar-refractivity contribution in [2.45, 2.75) is 49.3 Å². The smallest absolute Gasteiger partial charge is 0.326 e. The molecule has 0 spiro atoms. The molecule has 0 aromatic heterocycles. The molecular weight excluding hydrogens is 480 g/mol. The molecule has 0 aliphatic carbocycles. The van der Waals surface area contributed by atoms with Crippen LogP contribution in [0.15, 0.2) is 101 Å². The van der Waals surface area contributed by atoms with Crippen molar-refractivity contribution in [3.8, 4) is 5.75 Å². The Balaban J connectivity index is 1.48. The predicted molar refractivity (Wildman–Crippen MR) is 153 cm³/mol. The van der Waals surface area contributed by atoms with Gasteiger partial charge in [-0.25, -0.2) is 4.79 Å². The zero-order valence-electron chi connectivity index (χ0n) is 21.3. The summed E-state index contributed by atoms with van der Waals surface area (Å²) in [6.45, 7) is 4.70. The molecule has 0 unspecified atom stereocenters. The average Bonchev–Trinajstić information content (AvgIpc) is 2.90. The van der Waals surface area contributed by atoms with Gasteiger partial charge in [0.2, 0.25) is 0 Å². The van der Waals surface area contributed by atoms with Crippen LogP contribution in [0.1, 0.15) is 39.5 Å². The fourth-order valence-electron chi connectivity index (χ4n) is 3.94. The topological polar surface area (TPSA) is 58.6 Å². The number of ether oxygens (including phenoxy) is 1. The fraction of sp³-hybridized carbons (Fsp3) is 0.226. The zero-order chi connectivity index (χ0) is 26.0. The number of urea groups is 1. The van der Waals surface area contributed by atoms with Crippen LogP contribution >= 0.6 is 11.8 Å². The summed E-state index contributed by atoms with van der Waals surface area (Å²) >= 11 is 1.60. The van der Waals surface area contributed by atoms with Crippen LogP contribution in [0.2, 0.25) is 0 Å².